The lowest BCUT2D eigenvalue weighted by Gasteiger charge is -1.96. The van der Waals surface area contributed by atoms with Gasteiger partial charge < -0.3 is 4.98 Å². The first-order chi connectivity index (χ1) is 6.88. The lowest BCUT2D eigenvalue weighted by molar-refractivity contribution is 1.41. The Morgan fingerprint density at radius 1 is 1.29 bits per heavy atom. The highest BCUT2D eigenvalue weighted by atomic mass is 32.2. The third-order valence-electron chi connectivity index (χ3n) is 1.36. The largest absolute Gasteiger partial charge is 0.367 e. The quantitative estimate of drug-likeness (QED) is 0.746. The highest BCUT2D eigenvalue weighted by molar-refractivity contribution is 8.07. The number of H-pyrrole nitrogens is 1. The molecule has 0 aliphatic rings. The van der Waals surface area contributed by atoms with Crippen LogP contribution in [0.2, 0.25) is 0 Å². The van der Waals surface area contributed by atoms with Crippen LogP contribution in [0.1, 0.15) is 40.2 Å². The zero-order chi connectivity index (χ0) is 11.4. The van der Waals surface area contributed by atoms with Crippen LogP contribution in [0.4, 0.5) is 0 Å². The molecule has 82 valence electrons. The van der Waals surface area contributed by atoms with E-state index in [1.165, 1.54) is 10.5 Å². The smallest absolute Gasteiger partial charge is 0.0114 e. The van der Waals surface area contributed by atoms with Gasteiger partial charge in [-0.2, -0.15) is 0 Å². The normalized spacial score (nSPS) is 9.43. The van der Waals surface area contributed by atoms with Crippen molar-refractivity contribution < 1.29 is 0 Å². The minimum Gasteiger partial charge on any atom is -0.367 e. The average molecular weight is 213 g/mol. The van der Waals surface area contributed by atoms with Crippen LogP contribution in [0.5, 0.6) is 0 Å². The van der Waals surface area contributed by atoms with Crippen LogP contribution in [0.15, 0.2) is 24.5 Å². The van der Waals surface area contributed by atoms with Crippen LogP contribution in [-0.4, -0.2) is 11.2 Å². The van der Waals surface area contributed by atoms with Crippen molar-refractivity contribution in [2.24, 2.45) is 0 Å². The van der Waals surface area contributed by atoms with Gasteiger partial charge in [0, 0.05) is 22.9 Å². The molecule has 0 aliphatic carbocycles. The summed E-state index contributed by atoms with van der Waals surface area (Å²) in [6.45, 7) is 10.1. The molecule has 1 N–H and O–H groups in total. The molecule has 0 aromatic carbocycles. The predicted molar refractivity (Wildman–Crippen MR) is 70.7 cm³/mol. The maximum Gasteiger partial charge on any atom is 0.0114 e. The SMILES string of the molecule is C/C=C(\SC)c1cc[nH]c1.CC.CC. The molecule has 0 aliphatic heterocycles. The summed E-state index contributed by atoms with van der Waals surface area (Å²) in [7, 11) is 0. The van der Waals surface area contributed by atoms with E-state index in [-0.39, 0.29) is 0 Å². The van der Waals surface area contributed by atoms with E-state index in [2.05, 4.69) is 30.3 Å². The highest BCUT2D eigenvalue weighted by Gasteiger charge is 1.96. The van der Waals surface area contributed by atoms with Crippen molar-refractivity contribution in [3.8, 4) is 0 Å². The topological polar surface area (TPSA) is 15.8 Å². The second kappa shape index (κ2) is 12.4. The van der Waals surface area contributed by atoms with Crippen molar-refractivity contribution in [2.75, 3.05) is 6.26 Å². The molecule has 0 fully saturated rings. The van der Waals surface area contributed by atoms with E-state index in [1.807, 2.05) is 40.1 Å². The van der Waals surface area contributed by atoms with Crippen LogP contribution < -0.4 is 0 Å². The van der Waals surface area contributed by atoms with Crippen molar-refractivity contribution in [1.29, 1.82) is 0 Å². The second-order valence-electron chi connectivity index (χ2n) is 1.96. The summed E-state index contributed by atoms with van der Waals surface area (Å²) in [5.74, 6) is 0. The van der Waals surface area contributed by atoms with E-state index in [0.717, 1.165) is 0 Å². The summed E-state index contributed by atoms with van der Waals surface area (Å²) in [5.41, 5.74) is 1.27. The van der Waals surface area contributed by atoms with Crippen molar-refractivity contribution in [2.45, 2.75) is 34.6 Å². The maximum absolute atomic E-state index is 3.02. The van der Waals surface area contributed by atoms with Crippen molar-refractivity contribution >= 4 is 16.7 Å². The molecule has 1 nitrogen and oxygen atoms in total. The number of allylic oxidation sites excluding steroid dienone is 1. The molecule has 1 rings (SSSR count). The van der Waals surface area contributed by atoms with Crippen molar-refractivity contribution in [1.82, 2.24) is 4.98 Å². The zero-order valence-corrected chi connectivity index (χ0v) is 11.0. The molecule has 0 amide bonds. The van der Waals surface area contributed by atoms with Gasteiger partial charge in [-0.05, 0) is 19.2 Å². The first kappa shape index (κ1) is 15.8. The summed E-state index contributed by atoms with van der Waals surface area (Å²) >= 11 is 1.77. The van der Waals surface area contributed by atoms with Gasteiger partial charge in [0.05, 0.1) is 0 Å². The average Bonchev–Trinajstić information content (AvgIpc) is 2.79. The van der Waals surface area contributed by atoms with Gasteiger partial charge >= 0.3 is 0 Å². The van der Waals surface area contributed by atoms with Crippen LogP contribution in [0, 0.1) is 0 Å². The molecule has 14 heavy (non-hydrogen) atoms. The molecule has 0 saturated heterocycles. The van der Waals surface area contributed by atoms with Crippen LogP contribution in [-0.2, 0) is 0 Å². The first-order valence-corrected chi connectivity index (χ1v) is 6.44. The number of hydrogen-bond acceptors (Lipinski definition) is 1. The molecule has 1 aromatic rings. The van der Waals surface area contributed by atoms with E-state index in [0.29, 0.717) is 0 Å². The standard InChI is InChI=1S/C8H11NS.2C2H6/c1-3-8(10-2)7-4-5-9-6-7;2*1-2/h3-6,9H,1-2H3;2*1-2H3/b8-3-;;. The molecule has 0 atom stereocenters. The monoisotopic (exact) mass is 213 g/mol. The van der Waals surface area contributed by atoms with Gasteiger partial charge in [-0.3, -0.25) is 0 Å². The maximum atomic E-state index is 3.02. The fourth-order valence-corrected chi connectivity index (χ4v) is 1.48. The molecule has 1 heterocycles. The lowest BCUT2D eigenvalue weighted by atomic mass is 10.3. The van der Waals surface area contributed by atoms with E-state index in [9.17, 15) is 0 Å². The van der Waals surface area contributed by atoms with Gasteiger partial charge in [0.1, 0.15) is 0 Å². The highest BCUT2D eigenvalue weighted by Crippen LogP contribution is 2.23. The minimum atomic E-state index is 1.27. The van der Waals surface area contributed by atoms with E-state index < -0.39 is 0 Å². The molecule has 2 heteroatoms. The Bertz CT molecular complexity index is 212. The minimum absolute atomic E-state index is 1.27. The number of thioether (sulfide) groups is 1. The van der Waals surface area contributed by atoms with E-state index >= 15 is 0 Å². The number of hydrogen-bond donors (Lipinski definition) is 1. The third kappa shape index (κ3) is 5.92. The van der Waals surface area contributed by atoms with Gasteiger partial charge in [-0.1, -0.05) is 33.8 Å². The summed E-state index contributed by atoms with van der Waals surface area (Å²) in [6.07, 6.45) is 8.15. The number of rotatable bonds is 2. The Hall–Kier alpha value is -0.630. The fourth-order valence-electron chi connectivity index (χ4n) is 0.880. The van der Waals surface area contributed by atoms with Gasteiger partial charge in [0.2, 0.25) is 0 Å². The Labute approximate surface area is 93.0 Å². The lowest BCUT2D eigenvalue weighted by Crippen LogP contribution is -1.71. The summed E-state index contributed by atoms with van der Waals surface area (Å²) < 4.78 is 0. The molecule has 0 unspecified atom stereocenters. The van der Waals surface area contributed by atoms with Gasteiger partial charge in [-0.25, -0.2) is 0 Å². The molecule has 0 bridgehead atoms. The van der Waals surface area contributed by atoms with Crippen LogP contribution >= 0.6 is 11.8 Å². The van der Waals surface area contributed by atoms with Gasteiger partial charge in [-0.15, -0.1) is 11.8 Å². The van der Waals surface area contributed by atoms with Crippen molar-refractivity contribution in [3.05, 3.63) is 30.1 Å². The van der Waals surface area contributed by atoms with Gasteiger partial charge in [0.15, 0.2) is 0 Å². The number of aromatic nitrogens is 1. The fraction of sp³-hybridized carbons (Fsp3) is 0.500. The Morgan fingerprint density at radius 2 is 1.86 bits per heavy atom. The Morgan fingerprint density at radius 3 is 2.14 bits per heavy atom. The summed E-state index contributed by atoms with van der Waals surface area (Å²) in [4.78, 5) is 4.35. The van der Waals surface area contributed by atoms with Crippen LogP contribution in [0.25, 0.3) is 4.91 Å². The predicted octanol–water partition coefficient (Wildman–Crippen LogP) is 4.79. The van der Waals surface area contributed by atoms with E-state index in [1.54, 1.807) is 11.8 Å². The Balaban J connectivity index is 0. The zero-order valence-electron chi connectivity index (χ0n) is 10.2. The van der Waals surface area contributed by atoms with E-state index in [4.69, 9.17) is 0 Å². The first-order valence-electron chi connectivity index (χ1n) is 5.22. The Kier molecular flexibility index (Phi) is 14.0. The van der Waals surface area contributed by atoms with Crippen LogP contribution in [0.3, 0.4) is 0 Å². The number of aromatic amines is 1. The molecule has 0 saturated carbocycles. The summed E-state index contributed by atoms with van der Waals surface area (Å²) in [5, 5.41) is 0. The molecule has 0 radical (unpaired) electrons. The molecular weight excluding hydrogens is 190 g/mol. The summed E-state index contributed by atoms with van der Waals surface area (Å²) in [6, 6.07) is 2.08. The number of nitrogens with one attached hydrogen (secondary N) is 1. The third-order valence-corrected chi connectivity index (χ3v) is 2.28. The second-order valence-corrected chi connectivity index (χ2v) is 2.80. The molecular formula is C12H23NS. The van der Waals surface area contributed by atoms with Crippen molar-refractivity contribution in [3.63, 3.8) is 0 Å². The van der Waals surface area contributed by atoms with Gasteiger partial charge in [0.25, 0.3) is 0 Å². The molecule has 0 spiro atoms. The molecule has 1 aromatic heterocycles.